The molecule has 1 aromatic rings. The lowest BCUT2D eigenvalue weighted by Gasteiger charge is -2.10. The predicted molar refractivity (Wildman–Crippen MR) is 76.6 cm³/mol. The third-order valence-corrected chi connectivity index (χ3v) is 3.05. The van der Waals surface area contributed by atoms with Gasteiger partial charge >= 0.3 is 5.97 Å². The monoisotopic (exact) mass is 264 g/mol. The Labute approximate surface area is 115 Å². The van der Waals surface area contributed by atoms with Crippen molar-refractivity contribution in [1.82, 2.24) is 0 Å². The van der Waals surface area contributed by atoms with Gasteiger partial charge in [0.15, 0.2) is 6.61 Å². The molecule has 0 heterocycles. The molecular formula is C16H24O3. The van der Waals surface area contributed by atoms with E-state index in [4.69, 9.17) is 9.84 Å². The molecule has 1 aromatic carbocycles. The molecule has 3 heteroatoms. The third kappa shape index (κ3) is 6.85. The number of aliphatic carboxylic acids is 1. The van der Waals surface area contributed by atoms with Crippen LogP contribution in [0, 0.1) is 5.92 Å². The van der Waals surface area contributed by atoms with Crippen LogP contribution in [0.25, 0.3) is 0 Å². The molecule has 0 unspecified atom stereocenters. The maximum Gasteiger partial charge on any atom is 0.341 e. The number of carboxylic acid groups (broad SMARTS) is 1. The normalized spacial score (nSPS) is 10.7. The highest BCUT2D eigenvalue weighted by Crippen LogP contribution is 2.21. The minimum Gasteiger partial charge on any atom is -0.482 e. The second-order valence-corrected chi connectivity index (χ2v) is 5.28. The maximum absolute atomic E-state index is 10.5. The van der Waals surface area contributed by atoms with Crippen molar-refractivity contribution in [3.63, 3.8) is 0 Å². The van der Waals surface area contributed by atoms with E-state index in [1.165, 1.54) is 19.3 Å². The fourth-order valence-electron chi connectivity index (χ4n) is 2.04. The highest BCUT2D eigenvalue weighted by Gasteiger charge is 2.05. The first kappa shape index (κ1) is 15.5. The maximum atomic E-state index is 10.5. The molecule has 0 atom stereocenters. The number of carbonyl (C=O) groups is 1. The van der Waals surface area contributed by atoms with Crippen molar-refractivity contribution in [1.29, 1.82) is 0 Å². The molecule has 0 amide bonds. The summed E-state index contributed by atoms with van der Waals surface area (Å²) in [5.41, 5.74) is 1.10. The van der Waals surface area contributed by atoms with Crippen molar-refractivity contribution < 1.29 is 14.6 Å². The molecule has 0 aliphatic heterocycles. The van der Waals surface area contributed by atoms with Gasteiger partial charge in [-0.1, -0.05) is 51.3 Å². The largest absolute Gasteiger partial charge is 0.482 e. The van der Waals surface area contributed by atoms with Gasteiger partial charge in [-0.3, -0.25) is 0 Å². The quantitative estimate of drug-likeness (QED) is 0.688. The van der Waals surface area contributed by atoms with Crippen LogP contribution >= 0.6 is 0 Å². The zero-order chi connectivity index (χ0) is 14.1. The third-order valence-electron chi connectivity index (χ3n) is 3.05. The molecule has 0 fully saturated rings. The molecule has 0 radical (unpaired) electrons. The Morgan fingerprint density at radius 2 is 1.95 bits per heavy atom. The summed E-state index contributed by atoms with van der Waals surface area (Å²) in [4.78, 5) is 10.5. The number of hydrogen-bond acceptors (Lipinski definition) is 2. The Kier molecular flexibility index (Phi) is 7.01. The first-order chi connectivity index (χ1) is 9.09. The smallest absolute Gasteiger partial charge is 0.341 e. The minimum absolute atomic E-state index is 0.273. The SMILES string of the molecule is CC(C)CCCCCc1ccccc1OCC(=O)O. The fraction of sp³-hybridized carbons (Fsp3) is 0.562. The number of hydrogen-bond donors (Lipinski definition) is 1. The van der Waals surface area contributed by atoms with Crippen LogP contribution < -0.4 is 4.74 Å². The Hall–Kier alpha value is -1.51. The second kappa shape index (κ2) is 8.57. The Morgan fingerprint density at radius 3 is 2.63 bits per heavy atom. The van der Waals surface area contributed by atoms with E-state index in [9.17, 15) is 4.79 Å². The Bertz CT molecular complexity index is 385. The number of aryl methyl sites for hydroxylation is 1. The van der Waals surface area contributed by atoms with E-state index in [0.717, 1.165) is 24.3 Å². The van der Waals surface area contributed by atoms with Crippen LogP contribution in [0.3, 0.4) is 0 Å². The lowest BCUT2D eigenvalue weighted by Crippen LogP contribution is -2.10. The molecule has 0 aromatic heterocycles. The van der Waals surface area contributed by atoms with E-state index in [-0.39, 0.29) is 6.61 Å². The number of unbranched alkanes of at least 4 members (excludes halogenated alkanes) is 2. The molecule has 0 saturated carbocycles. The zero-order valence-electron chi connectivity index (χ0n) is 11.9. The molecule has 106 valence electrons. The molecule has 0 aliphatic carbocycles. The zero-order valence-corrected chi connectivity index (χ0v) is 11.9. The van der Waals surface area contributed by atoms with E-state index < -0.39 is 5.97 Å². The number of para-hydroxylation sites is 1. The molecule has 0 bridgehead atoms. The van der Waals surface area contributed by atoms with Crippen molar-refractivity contribution in [3.8, 4) is 5.75 Å². The van der Waals surface area contributed by atoms with E-state index in [0.29, 0.717) is 5.75 Å². The summed E-state index contributed by atoms with van der Waals surface area (Å²) in [6, 6.07) is 7.70. The highest BCUT2D eigenvalue weighted by atomic mass is 16.5. The number of carboxylic acids is 1. The molecule has 0 saturated heterocycles. The summed E-state index contributed by atoms with van der Waals surface area (Å²) in [7, 11) is 0. The second-order valence-electron chi connectivity index (χ2n) is 5.28. The molecule has 19 heavy (non-hydrogen) atoms. The van der Waals surface area contributed by atoms with Crippen LogP contribution in [0.1, 0.15) is 45.1 Å². The van der Waals surface area contributed by atoms with Crippen LogP contribution in [-0.4, -0.2) is 17.7 Å². The predicted octanol–water partition coefficient (Wildman–Crippen LogP) is 3.91. The van der Waals surface area contributed by atoms with Crippen LogP contribution in [0.5, 0.6) is 5.75 Å². The van der Waals surface area contributed by atoms with Gasteiger partial charge in [-0.05, 0) is 30.4 Å². The molecule has 0 spiro atoms. The summed E-state index contributed by atoms with van der Waals surface area (Å²) in [5, 5.41) is 8.64. The minimum atomic E-state index is -0.938. The topological polar surface area (TPSA) is 46.5 Å². The van der Waals surface area contributed by atoms with Gasteiger partial charge < -0.3 is 9.84 Å². The van der Waals surface area contributed by atoms with E-state index in [1.807, 2.05) is 24.3 Å². The number of ether oxygens (including phenoxy) is 1. The first-order valence-electron chi connectivity index (χ1n) is 7.02. The van der Waals surface area contributed by atoms with Gasteiger partial charge in [0.05, 0.1) is 0 Å². The average Bonchev–Trinajstić information content (AvgIpc) is 2.36. The Morgan fingerprint density at radius 1 is 1.21 bits per heavy atom. The van der Waals surface area contributed by atoms with Gasteiger partial charge in [-0.2, -0.15) is 0 Å². The van der Waals surface area contributed by atoms with Gasteiger partial charge in [-0.25, -0.2) is 4.79 Å². The number of benzene rings is 1. The van der Waals surface area contributed by atoms with Crippen LogP contribution in [0.4, 0.5) is 0 Å². The van der Waals surface area contributed by atoms with Crippen molar-refractivity contribution >= 4 is 5.97 Å². The Balaban J connectivity index is 2.37. The van der Waals surface area contributed by atoms with Gasteiger partial charge in [-0.15, -0.1) is 0 Å². The standard InChI is InChI=1S/C16H24O3/c1-13(2)8-4-3-5-9-14-10-6-7-11-15(14)19-12-16(17)18/h6-7,10-11,13H,3-5,8-9,12H2,1-2H3,(H,17,18). The van der Waals surface area contributed by atoms with E-state index in [2.05, 4.69) is 13.8 Å². The summed E-state index contributed by atoms with van der Waals surface area (Å²) in [5.74, 6) is 0.534. The molecule has 1 rings (SSSR count). The van der Waals surface area contributed by atoms with Crippen molar-refractivity contribution in [2.75, 3.05) is 6.61 Å². The highest BCUT2D eigenvalue weighted by molar-refractivity contribution is 5.68. The summed E-state index contributed by atoms with van der Waals surface area (Å²) >= 11 is 0. The van der Waals surface area contributed by atoms with Gasteiger partial charge in [0, 0.05) is 0 Å². The van der Waals surface area contributed by atoms with Gasteiger partial charge in [0.1, 0.15) is 5.75 Å². The van der Waals surface area contributed by atoms with Crippen molar-refractivity contribution in [3.05, 3.63) is 29.8 Å². The van der Waals surface area contributed by atoms with Gasteiger partial charge in [0.25, 0.3) is 0 Å². The summed E-state index contributed by atoms with van der Waals surface area (Å²) < 4.78 is 5.29. The summed E-state index contributed by atoms with van der Waals surface area (Å²) in [6.45, 7) is 4.22. The lowest BCUT2D eigenvalue weighted by atomic mass is 10.0. The first-order valence-corrected chi connectivity index (χ1v) is 7.02. The van der Waals surface area contributed by atoms with E-state index in [1.54, 1.807) is 0 Å². The molecule has 0 aliphatic rings. The number of rotatable bonds is 9. The van der Waals surface area contributed by atoms with Crippen LogP contribution in [0.2, 0.25) is 0 Å². The van der Waals surface area contributed by atoms with Crippen molar-refractivity contribution in [2.45, 2.75) is 46.0 Å². The van der Waals surface area contributed by atoms with E-state index >= 15 is 0 Å². The van der Waals surface area contributed by atoms with Crippen LogP contribution in [0.15, 0.2) is 24.3 Å². The molecule has 1 N–H and O–H groups in total. The average molecular weight is 264 g/mol. The summed E-state index contributed by atoms with van der Waals surface area (Å²) in [6.07, 6.45) is 5.83. The molecule has 3 nitrogen and oxygen atoms in total. The van der Waals surface area contributed by atoms with Crippen molar-refractivity contribution in [2.24, 2.45) is 5.92 Å². The van der Waals surface area contributed by atoms with Gasteiger partial charge in [0.2, 0.25) is 0 Å². The fourth-order valence-corrected chi connectivity index (χ4v) is 2.04. The lowest BCUT2D eigenvalue weighted by molar-refractivity contribution is -0.139. The van der Waals surface area contributed by atoms with Crippen LogP contribution in [-0.2, 0) is 11.2 Å². The molecular weight excluding hydrogens is 240 g/mol.